The van der Waals surface area contributed by atoms with Crippen LogP contribution in [-0.2, 0) is 0 Å². The summed E-state index contributed by atoms with van der Waals surface area (Å²) in [6.07, 6.45) is 1.88. The van der Waals surface area contributed by atoms with Gasteiger partial charge in [-0.25, -0.2) is 0 Å². The van der Waals surface area contributed by atoms with Gasteiger partial charge in [-0.15, -0.1) is 0 Å². The summed E-state index contributed by atoms with van der Waals surface area (Å²) in [4.78, 5) is 4.74. The van der Waals surface area contributed by atoms with Gasteiger partial charge in [-0.2, -0.15) is 0 Å². The molecule has 0 aliphatic heterocycles. The molecule has 0 saturated heterocycles. The molecule has 236 valence electrons. The van der Waals surface area contributed by atoms with E-state index in [-0.39, 0.29) is 0 Å². The lowest BCUT2D eigenvalue weighted by atomic mass is 9.82. The molecule has 0 radical (unpaired) electrons. The van der Waals surface area contributed by atoms with Crippen molar-refractivity contribution in [3.63, 3.8) is 0 Å². The van der Waals surface area contributed by atoms with Crippen molar-refractivity contribution in [2.75, 3.05) is 0 Å². The fourth-order valence-electron chi connectivity index (χ4n) is 8.71. The predicted molar refractivity (Wildman–Crippen MR) is 214 cm³/mol. The van der Waals surface area contributed by atoms with E-state index in [0.29, 0.717) is 0 Å². The number of fused-ring (bicyclic) bond motifs is 7. The van der Waals surface area contributed by atoms with Gasteiger partial charge in [0.1, 0.15) is 0 Å². The Hall–Kier alpha value is -6.77. The van der Waals surface area contributed by atoms with Crippen LogP contribution >= 0.6 is 0 Å². The number of aromatic nitrogens is 2. The highest BCUT2D eigenvalue weighted by atomic mass is 15.0. The van der Waals surface area contributed by atoms with E-state index in [1.54, 1.807) is 0 Å². The Morgan fingerprint density at radius 1 is 0.333 bits per heavy atom. The van der Waals surface area contributed by atoms with E-state index in [2.05, 4.69) is 174 Å². The van der Waals surface area contributed by atoms with Crippen molar-refractivity contribution in [2.24, 2.45) is 0 Å². The summed E-state index contributed by atoms with van der Waals surface area (Å²) in [5.74, 6) is 0. The van der Waals surface area contributed by atoms with E-state index >= 15 is 0 Å². The largest absolute Gasteiger partial charge is 0.308 e. The van der Waals surface area contributed by atoms with Gasteiger partial charge in [-0.1, -0.05) is 146 Å². The van der Waals surface area contributed by atoms with E-state index in [9.17, 15) is 0 Å². The Kier molecular flexibility index (Phi) is 5.99. The molecule has 11 rings (SSSR count). The van der Waals surface area contributed by atoms with Gasteiger partial charge in [0.2, 0.25) is 0 Å². The Morgan fingerprint density at radius 3 is 1.57 bits per heavy atom. The first-order valence-electron chi connectivity index (χ1n) is 17.6. The highest BCUT2D eigenvalue weighted by molar-refractivity contribution is 6.28. The summed E-state index contributed by atoms with van der Waals surface area (Å²) in [5.41, 5.74) is 17.2. The summed E-state index contributed by atoms with van der Waals surface area (Å²) in [6.45, 7) is 0. The SMILES string of the molecule is c1ccc(-c2c3c(c(-c4ccccc4)c4ccccc24)-c2ccc(-c4ccc(-n5c6ccccc6c6ncccc65)cc4)c4cccc-3c24)cc1. The molecule has 0 bridgehead atoms. The van der Waals surface area contributed by atoms with Crippen LogP contribution in [0.5, 0.6) is 0 Å². The number of hydrogen-bond donors (Lipinski definition) is 0. The second-order valence-corrected chi connectivity index (χ2v) is 13.4. The molecular formula is C49H30N2. The summed E-state index contributed by atoms with van der Waals surface area (Å²) in [6, 6.07) is 64.2. The summed E-state index contributed by atoms with van der Waals surface area (Å²) >= 11 is 0. The van der Waals surface area contributed by atoms with Crippen LogP contribution in [0.25, 0.3) is 105 Å². The van der Waals surface area contributed by atoms with Gasteiger partial charge in [-0.3, -0.25) is 4.98 Å². The van der Waals surface area contributed by atoms with Crippen LogP contribution in [0.2, 0.25) is 0 Å². The van der Waals surface area contributed by atoms with Gasteiger partial charge in [-0.05, 0) is 108 Å². The first kappa shape index (κ1) is 28.1. The van der Waals surface area contributed by atoms with Crippen molar-refractivity contribution in [3.8, 4) is 61.3 Å². The number of rotatable bonds is 4. The van der Waals surface area contributed by atoms with Gasteiger partial charge in [0.05, 0.1) is 16.6 Å². The van der Waals surface area contributed by atoms with E-state index in [0.717, 1.165) is 22.2 Å². The fourth-order valence-corrected chi connectivity index (χ4v) is 8.71. The topological polar surface area (TPSA) is 17.8 Å². The standard InChI is InChI=1S/C49H30N2/c1-3-13-32(14-4-1)44-37-17-7-8-18-38(37)45(33-15-5-2-6-16-33)48-41-29-28-35(36-20-11-21-40(46(36)41)47(44)48)31-24-26-34(27-25-31)51-42-22-10-9-19-39(42)49-43(51)23-12-30-50-49/h1-30H. The molecule has 2 aromatic heterocycles. The third-order valence-corrected chi connectivity index (χ3v) is 10.8. The monoisotopic (exact) mass is 646 g/mol. The van der Waals surface area contributed by atoms with Gasteiger partial charge >= 0.3 is 0 Å². The molecule has 1 aliphatic rings. The third kappa shape index (κ3) is 4.02. The van der Waals surface area contributed by atoms with Crippen LogP contribution in [0.3, 0.4) is 0 Å². The minimum Gasteiger partial charge on any atom is -0.308 e. The van der Waals surface area contributed by atoms with Crippen LogP contribution in [0.4, 0.5) is 0 Å². The second-order valence-electron chi connectivity index (χ2n) is 13.4. The van der Waals surface area contributed by atoms with Gasteiger partial charge in [0.25, 0.3) is 0 Å². The lowest BCUT2D eigenvalue weighted by Gasteiger charge is -2.20. The molecule has 2 nitrogen and oxygen atoms in total. The molecule has 0 unspecified atom stereocenters. The number of nitrogens with zero attached hydrogens (tertiary/aromatic N) is 2. The first-order valence-corrected chi connectivity index (χ1v) is 17.6. The number of pyridine rings is 1. The smallest absolute Gasteiger partial charge is 0.0963 e. The normalized spacial score (nSPS) is 11.9. The second kappa shape index (κ2) is 10.9. The van der Waals surface area contributed by atoms with Gasteiger partial charge < -0.3 is 4.57 Å². The fraction of sp³-hybridized carbons (Fsp3) is 0. The van der Waals surface area contributed by atoms with E-state index in [1.807, 2.05) is 12.3 Å². The summed E-state index contributed by atoms with van der Waals surface area (Å²) < 4.78 is 2.33. The minimum absolute atomic E-state index is 1.03. The summed E-state index contributed by atoms with van der Waals surface area (Å²) in [5, 5.41) is 6.33. The average molecular weight is 647 g/mol. The van der Waals surface area contributed by atoms with Gasteiger partial charge in [0.15, 0.2) is 0 Å². The van der Waals surface area contributed by atoms with Crippen LogP contribution in [0, 0.1) is 0 Å². The molecule has 8 aromatic carbocycles. The summed E-state index contributed by atoms with van der Waals surface area (Å²) in [7, 11) is 0. The van der Waals surface area contributed by atoms with E-state index in [1.165, 1.54) is 82.6 Å². The van der Waals surface area contributed by atoms with Crippen molar-refractivity contribution in [2.45, 2.75) is 0 Å². The Balaban J connectivity index is 1.15. The Morgan fingerprint density at radius 2 is 0.882 bits per heavy atom. The average Bonchev–Trinajstić information content (AvgIpc) is 3.72. The molecule has 0 atom stereocenters. The highest BCUT2D eigenvalue weighted by Gasteiger charge is 2.31. The minimum atomic E-state index is 1.03. The molecular weight excluding hydrogens is 617 g/mol. The molecule has 0 amide bonds. The van der Waals surface area contributed by atoms with E-state index in [4.69, 9.17) is 4.98 Å². The first-order chi connectivity index (χ1) is 25.3. The zero-order valence-corrected chi connectivity index (χ0v) is 27.7. The molecule has 0 saturated carbocycles. The van der Waals surface area contributed by atoms with Crippen LogP contribution in [-0.4, -0.2) is 9.55 Å². The van der Waals surface area contributed by atoms with Crippen LogP contribution in [0.15, 0.2) is 182 Å². The lowest BCUT2D eigenvalue weighted by Crippen LogP contribution is -1.94. The third-order valence-electron chi connectivity index (χ3n) is 10.8. The van der Waals surface area contributed by atoms with Crippen molar-refractivity contribution in [1.82, 2.24) is 9.55 Å². The Bertz CT molecular complexity index is 2840. The molecule has 2 heteroatoms. The number of benzene rings is 8. The Labute approximate surface area is 295 Å². The van der Waals surface area contributed by atoms with Crippen molar-refractivity contribution in [1.29, 1.82) is 0 Å². The van der Waals surface area contributed by atoms with Crippen molar-refractivity contribution >= 4 is 43.5 Å². The zero-order chi connectivity index (χ0) is 33.5. The maximum absolute atomic E-state index is 4.74. The maximum Gasteiger partial charge on any atom is 0.0963 e. The molecule has 10 aromatic rings. The number of hydrogen-bond acceptors (Lipinski definition) is 1. The molecule has 0 fully saturated rings. The van der Waals surface area contributed by atoms with Crippen molar-refractivity contribution < 1.29 is 0 Å². The lowest BCUT2D eigenvalue weighted by molar-refractivity contribution is 1.18. The molecule has 0 spiro atoms. The maximum atomic E-state index is 4.74. The molecule has 2 heterocycles. The van der Waals surface area contributed by atoms with E-state index < -0.39 is 0 Å². The number of para-hydroxylation sites is 1. The molecule has 51 heavy (non-hydrogen) atoms. The molecule has 0 N–H and O–H groups in total. The van der Waals surface area contributed by atoms with Crippen LogP contribution in [0.1, 0.15) is 0 Å². The quantitative estimate of drug-likeness (QED) is 0.186. The van der Waals surface area contributed by atoms with Gasteiger partial charge in [0, 0.05) is 17.3 Å². The highest BCUT2D eigenvalue weighted by Crippen LogP contribution is 2.58. The van der Waals surface area contributed by atoms with Crippen LogP contribution < -0.4 is 0 Å². The molecule has 1 aliphatic carbocycles. The van der Waals surface area contributed by atoms with Crippen molar-refractivity contribution in [3.05, 3.63) is 182 Å². The predicted octanol–water partition coefficient (Wildman–Crippen LogP) is 13.1. The zero-order valence-electron chi connectivity index (χ0n) is 27.7.